The van der Waals surface area contributed by atoms with Crippen LogP contribution in [0.3, 0.4) is 0 Å². The van der Waals surface area contributed by atoms with Gasteiger partial charge in [0.2, 0.25) is 0 Å². The third-order valence-electron chi connectivity index (χ3n) is 1.49. The molecule has 0 aliphatic rings. The molecule has 0 aromatic heterocycles. The Morgan fingerprint density at radius 1 is 1.67 bits per heavy atom. The Morgan fingerprint density at radius 3 is 2.93 bits per heavy atom. The van der Waals surface area contributed by atoms with E-state index in [1.54, 1.807) is 0 Å². The molecule has 1 aromatic rings. The van der Waals surface area contributed by atoms with Crippen molar-refractivity contribution in [3.63, 3.8) is 0 Å². The number of hydrogen-bond acceptors (Lipinski definition) is 3. The summed E-state index contributed by atoms with van der Waals surface area (Å²) in [6, 6.07) is 5.56. The Hall–Kier alpha value is -0.450. The molecular weight excluding hydrogens is 345 g/mol. The molecule has 0 spiro atoms. The Labute approximate surface area is 111 Å². The molecule has 78 valence electrons. The minimum absolute atomic E-state index is 0.528. The van der Waals surface area contributed by atoms with Gasteiger partial charge in [0, 0.05) is 3.57 Å². The highest BCUT2D eigenvalue weighted by Gasteiger charge is 2.01. The van der Waals surface area contributed by atoms with E-state index in [1.165, 1.54) is 11.8 Å². The number of halogens is 2. The van der Waals surface area contributed by atoms with E-state index in [4.69, 9.17) is 16.9 Å². The lowest BCUT2D eigenvalue weighted by Gasteiger charge is -2.02. The van der Waals surface area contributed by atoms with Crippen LogP contribution in [-0.2, 0) is 0 Å². The Morgan fingerprint density at radius 2 is 2.40 bits per heavy atom. The van der Waals surface area contributed by atoms with E-state index in [0.29, 0.717) is 15.9 Å². The van der Waals surface area contributed by atoms with Crippen molar-refractivity contribution < 1.29 is 0 Å². The zero-order chi connectivity index (χ0) is 11.3. The second-order valence-electron chi connectivity index (χ2n) is 2.45. The van der Waals surface area contributed by atoms with E-state index in [1.807, 2.05) is 30.6 Å². The van der Waals surface area contributed by atoms with E-state index in [-0.39, 0.29) is 0 Å². The van der Waals surface area contributed by atoms with Crippen LogP contribution in [0, 0.1) is 15.0 Å². The summed E-state index contributed by atoms with van der Waals surface area (Å²) in [4.78, 5) is 4.22. The smallest absolute Gasteiger partial charge is 0.183 e. The van der Waals surface area contributed by atoms with Gasteiger partial charge in [0.1, 0.15) is 0 Å². The van der Waals surface area contributed by atoms with E-state index in [2.05, 4.69) is 32.9 Å². The summed E-state index contributed by atoms with van der Waals surface area (Å²) in [7, 11) is 0. The highest BCUT2D eigenvalue weighted by molar-refractivity contribution is 14.1. The van der Waals surface area contributed by atoms with E-state index >= 15 is 0 Å². The standard InChI is InChI=1S/C9H7ClIN3S/c1-15-9(13-5-12)14-8-3-2-6(11)4-7(8)10/h2-4H,1H3,(H,13,14). The van der Waals surface area contributed by atoms with Crippen molar-refractivity contribution >= 4 is 56.8 Å². The lowest BCUT2D eigenvalue weighted by atomic mass is 10.3. The number of rotatable bonds is 1. The van der Waals surface area contributed by atoms with Crippen molar-refractivity contribution in [2.45, 2.75) is 0 Å². The number of benzene rings is 1. The molecule has 0 saturated heterocycles. The second-order valence-corrected chi connectivity index (χ2v) is 4.90. The molecule has 0 aliphatic carbocycles. The minimum atomic E-state index is 0.528. The molecule has 0 radical (unpaired) electrons. The summed E-state index contributed by atoms with van der Waals surface area (Å²) in [6.45, 7) is 0. The number of hydrogen-bond donors (Lipinski definition) is 1. The van der Waals surface area contributed by atoms with Crippen LogP contribution in [0.4, 0.5) is 5.69 Å². The van der Waals surface area contributed by atoms with Crippen molar-refractivity contribution in [1.29, 1.82) is 5.26 Å². The monoisotopic (exact) mass is 351 g/mol. The van der Waals surface area contributed by atoms with E-state index in [9.17, 15) is 0 Å². The van der Waals surface area contributed by atoms with E-state index in [0.717, 1.165) is 3.57 Å². The van der Waals surface area contributed by atoms with E-state index < -0.39 is 0 Å². The normalized spacial score (nSPS) is 10.9. The first kappa shape index (κ1) is 12.6. The van der Waals surface area contributed by atoms with Crippen molar-refractivity contribution in [3.8, 4) is 6.19 Å². The minimum Gasteiger partial charge on any atom is -0.271 e. The Kier molecular flexibility index (Phi) is 5.22. The number of nitriles is 1. The van der Waals surface area contributed by atoms with Crippen molar-refractivity contribution in [2.75, 3.05) is 6.26 Å². The van der Waals surface area contributed by atoms with Crippen LogP contribution in [0.2, 0.25) is 5.02 Å². The molecule has 0 heterocycles. The van der Waals surface area contributed by atoms with Gasteiger partial charge in [-0.05, 0) is 47.0 Å². The fourth-order valence-corrected chi connectivity index (χ4v) is 2.09. The first-order chi connectivity index (χ1) is 7.17. The molecule has 6 heteroatoms. The van der Waals surface area contributed by atoms with Gasteiger partial charge >= 0.3 is 0 Å². The lowest BCUT2D eigenvalue weighted by Crippen LogP contribution is -2.12. The highest BCUT2D eigenvalue weighted by Crippen LogP contribution is 2.27. The van der Waals surface area contributed by atoms with Gasteiger partial charge in [-0.2, -0.15) is 5.26 Å². The molecule has 0 atom stereocenters. The summed E-state index contributed by atoms with van der Waals surface area (Å²) < 4.78 is 1.05. The van der Waals surface area contributed by atoms with Crippen molar-refractivity contribution in [1.82, 2.24) is 5.32 Å². The van der Waals surface area contributed by atoms with Crippen LogP contribution in [0.5, 0.6) is 0 Å². The van der Waals surface area contributed by atoms with Gasteiger partial charge in [-0.1, -0.05) is 23.4 Å². The quantitative estimate of drug-likeness (QED) is 0.277. The van der Waals surface area contributed by atoms with Crippen LogP contribution in [0.15, 0.2) is 23.2 Å². The summed E-state index contributed by atoms with van der Waals surface area (Å²) in [6.07, 6.45) is 3.66. The molecule has 0 aliphatic heterocycles. The summed E-state index contributed by atoms with van der Waals surface area (Å²) in [5.41, 5.74) is 0.657. The number of nitrogens with zero attached hydrogens (tertiary/aromatic N) is 2. The Bertz CT molecular complexity index is 428. The predicted molar refractivity (Wildman–Crippen MR) is 73.5 cm³/mol. The second kappa shape index (κ2) is 6.20. The molecule has 1 aromatic carbocycles. The molecule has 0 amide bonds. The maximum atomic E-state index is 8.47. The topological polar surface area (TPSA) is 48.2 Å². The van der Waals surface area contributed by atoms with Gasteiger partial charge in [0.25, 0.3) is 0 Å². The lowest BCUT2D eigenvalue weighted by molar-refractivity contribution is 1.28. The molecule has 0 fully saturated rings. The average molecular weight is 352 g/mol. The molecule has 0 saturated carbocycles. The summed E-state index contributed by atoms with van der Waals surface area (Å²) in [5, 5.41) is 12.1. The molecule has 1 rings (SSSR count). The maximum absolute atomic E-state index is 8.47. The SMILES string of the molecule is CSC(=Nc1ccc(I)cc1Cl)NC#N. The largest absolute Gasteiger partial charge is 0.271 e. The third-order valence-corrected chi connectivity index (χ3v) is 3.04. The average Bonchev–Trinajstić information content (AvgIpc) is 2.21. The van der Waals surface area contributed by atoms with Crippen LogP contribution < -0.4 is 5.32 Å². The first-order valence-corrected chi connectivity index (χ1v) is 6.58. The summed E-state index contributed by atoms with van der Waals surface area (Å²) in [5.74, 6) is 0. The fourth-order valence-electron chi connectivity index (χ4n) is 0.854. The van der Waals surface area contributed by atoms with Gasteiger partial charge < -0.3 is 0 Å². The predicted octanol–water partition coefficient (Wildman–Crippen LogP) is 3.37. The number of nitrogens with one attached hydrogen (secondary N) is 1. The van der Waals surface area contributed by atoms with Gasteiger partial charge in [0.15, 0.2) is 11.4 Å². The molecular formula is C9H7ClIN3S. The number of amidine groups is 1. The van der Waals surface area contributed by atoms with Gasteiger partial charge in [-0.25, -0.2) is 4.99 Å². The molecule has 0 unspecified atom stereocenters. The molecule has 15 heavy (non-hydrogen) atoms. The Balaban J connectivity index is 3.01. The third kappa shape index (κ3) is 3.89. The number of aliphatic imine (C=N–C) groups is 1. The van der Waals surface area contributed by atoms with Crippen LogP contribution >= 0.6 is 46.0 Å². The highest BCUT2D eigenvalue weighted by atomic mass is 127. The van der Waals surface area contributed by atoms with Gasteiger partial charge in [0.05, 0.1) is 10.7 Å². The van der Waals surface area contributed by atoms with Crippen molar-refractivity contribution in [2.24, 2.45) is 4.99 Å². The van der Waals surface area contributed by atoms with Crippen LogP contribution in [0.25, 0.3) is 0 Å². The molecule has 3 nitrogen and oxygen atoms in total. The van der Waals surface area contributed by atoms with Gasteiger partial charge in [-0.3, -0.25) is 5.32 Å². The van der Waals surface area contributed by atoms with Gasteiger partial charge in [-0.15, -0.1) is 0 Å². The number of thioether (sulfide) groups is 1. The van der Waals surface area contributed by atoms with Crippen LogP contribution in [0.1, 0.15) is 0 Å². The molecule has 0 bridgehead atoms. The molecule has 1 N–H and O–H groups in total. The zero-order valence-corrected chi connectivity index (χ0v) is 11.5. The fraction of sp³-hybridized carbons (Fsp3) is 0.111. The van der Waals surface area contributed by atoms with Crippen molar-refractivity contribution in [3.05, 3.63) is 26.8 Å². The van der Waals surface area contributed by atoms with Crippen LogP contribution in [-0.4, -0.2) is 11.4 Å². The first-order valence-electron chi connectivity index (χ1n) is 3.90. The summed E-state index contributed by atoms with van der Waals surface area (Å²) >= 11 is 9.53. The maximum Gasteiger partial charge on any atom is 0.183 e. The zero-order valence-electron chi connectivity index (χ0n) is 7.79.